The second kappa shape index (κ2) is 15.9. The quantitative estimate of drug-likeness (QED) is 0.159. The number of aryl methyl sites for hydroxylation is 1. The molecular weight excluding hydrogens is 725 g/mol. The normalized spacial score (nSPS) is 11.4. The molecule has 286 valence electrons. The van der Waals surface area contributed by atoms with Crippen LogP contribution >= 0.6 is 0 Å². The summed E-state index contributed by atoms with van der Waals surface area (Å²) in [6.07, 6.45) is 4.37. The van der Waals surface area contributed by atoms with Crippen LogP contribution in [0.25, 0.3) is 94.4 Å². The smallest absolute Gasteiger partial charge is 0.0547 e. The van der Waals surface area contributed by atoms with Gasteiger partial charge in [0.15, 0.2) is 0 Å². The Morgan fingerprint density at radius 1 is 0.350 bits per heavy atom. The number of hydrogen-bond donors (Lipinski definition) is 0. The second-order valence-corrected chi connectivity index (χ2v) is 15.3. The maximum atomic E-state index is 2.42. The predicted molar refractivity (Wildman–Crippen MR) is 257 cm³/mol. The Balaban J connectivity index is 0.000000564. The van der Waals surface area contributed by atoms with Crippen LogP contribution in [0.3, 0.4) is 0 Å². The van der Waals surface area contributed by atoms with Gasteiger partial charge in [-0.05, 0) is 113 Å². The first kappa shape index (κ1) is 36.6. The van der Waals surface area contributed by atoms with Crippen molar-refractivity contribution in [3.8, 4) is 44.8 Å². The Morgan fingerprint density at radius 3 is 1.45 bits per heavy atom. The van der Waals surface area contributed by atoms with Gasteiger partial charge in [-0.3, -0.25) is 0 Å². The van der Waals surface area contributed by atoms with Crippen LogP contribution in [0, 0.1) is 6.92 Å². The predicted octanol–water partition coefficient (Wildman–Crippen LogP) is 15.9. The summed E-state index contributed by atoms with van der Waals surface area (Å²) in [5.41, 5.74) is 17.0. The fraction of sp³-hybridized carbons (Fsp3) is 0.0345. The van der Waals surface area contributed by atoms with Crippen LogP contribution in [0.2, 0.25) is 0 Å². The van der Waals surface area contributed by atoms with Crippen molar-refractivity contribution in [2.24, 2.45) is 0 Å². The molecule has 0 saturated carbocycles. The second-order valence-electron chi connectivity index (χ2n) is 15.3. The molecule has 0 amide bonds. The van der Waals surface area contributed by atoms with E-state index in [2.05, 4.69) is 235 Å². The highest BCUT2D eigenvalue weighted by molar-refractivity contribution is 6.18. The van der Waals surface area contributed by atoms with Crippen molar-refractivity contribution in [3.63, 3.8) is 0 Å². The first-order valence-electron chi connectivity index (χ1n) is 20.7. The summed E-state index contributed by atoms with van der Waals surface area (Å²) in [6.45, 7) is 4.18. The zero-order valence-corrected chi connectivity index (χ0v) is 33.8. The van der Waals surface area contributed by atoms with Crippen molar-refractivity contribution in [2.45, 2.75) is 13.8 Å². The number of hydrogen-bond acceptors (Lipinski definition) is 0. The van der Waals surface area contributed by atoms with Crippen LogP contribution in [-0.2, 0) is 0 Å². The number of benzene rings is 9. The van der Waals surface area contributed by atoms with Gasteiger partial charge in [0.05, 0.1) is 22.1 Å². The molecule has 0 bridgehead atoms. The largest absolute Gasteiger partial charge is 0.309 e. The standard InChI is InChI=1S/C51H36N2.C7H8/c1-2-14-37-25-32-49-51(50(37)38-17-8-4-9-18-38)45-34-40(27-31-48(45)53(49)41-19-10-5-11-20-41)39-26-30-47-44(33-39)43-21-12-13-22-46(43)52(47)42-28-23-36(24-29-42)35-15-6-3-7-16-35;1-7-5-3-2-4-6-7/h2-34H,1H3;2-6H,1H3/b14-2-;. The number of aromatic nitrogens is 2. The Kier molecular flexibility index (Phi) is 9.73. The van der Waals surface area contributed by atoms with E-state index in [1.54, 1.807) is 0 Å². The van der Waals surface area contributed by atoms with Crippen LogP contribution in [0.4, 0.5) is 0 Å². The molecule has 60 heavy (non-hydrogen) atoms. The molecule has 0 aliphatic heterocycles. The molecule has 2 heteroatoms. The van der Waals surface area contributed by atoms with E-state index in [0.717, 1.165) is 11.4 Å². The molecule has 0 radical (unpaired) electrons. The minimum atomic E-state index is 1.16. The molecule has 11 rings (SSSR count). The lowest BCUT2D eigenvalue weighted by Gasteiger charge is -2.11. The Labute approximate surface area is 351 Å². The van der Waals surface area contributed by atoms with Crippen LogP contribution in [0.15, 0.2) is 224 Å². The van der Waals surface area contributed by atoms with Gasteiger partial charge in [-0.1, -0.05) is 175 Å². The van der Waals surface area contributed by atoms with E-state index >= 15 is 0 Å². The molecule has 9 aromatic carbocycles. The molecule has 0 spiro atoms. The zero-order valence-electron chi connectivity index (χ0n) is 33.8. The molecule has 0 fully saturated rings. The highest BCUT2D eigenvalue weighted by atomic mass is 15.0. The highest BCUT2D eigenvalue weighted by Gasteiger charge is 2.20. The van der Waals surface area contributed by atoms with Gasteiger partial charge in [0.2, 0.25) is 0 Å². The first-order valence-corrected chi connectivity index (χ1v) is 20.7. The zero-order chi connectivity index (χ0) is 40.4. The van der Waals surface area contributed by atoms with Crippen molar-refractivity contribution < 1.29 is 0 Å². The van der Waals surface area contributed by atoms with E-state index < -0.39 is 0 Å². The molecule has 0 saturated heterocycles. The number of fused-ring (bicyclic) bond motifs is 6. The van der Waals surface area contributed by atoms with Crippen LogP contribution in [0.1, 0.15) is 18.1 Å². The Morgan fingerprint density at radius 2 is 0.817 bits per heavy atom. The summed E-state index contributed by atoms with van der Waals surface area (Å²) < 4.78 is 4.81. The topological polar surface area (TPSA) is 9.86 Å². The van der Waals surface area contributed by atoms with Gasteiger partial charge in [-0.15, -0.1) is 0 Å². The lowest BCUT2D eigenvalue weighted by Crippen LogP contribution is -1.94. The molecule has 2 heterocycles. The summed E-state index contributed by atoms with van der Waals surface area (Å²) >= 11 is 0. The van der Waals surface area contributed by atoms with Gasteiger partial charge in [0.1, 0.15) is 0 Å². The molecule has 0 unspecified atom stereocenters. The average Bonchev–Trinajstić information content (AvgIpc) is 3.83. The van der Waals surface area contributed by atoms with Crippen molar-refractivity contribution >= 4 is 49.7 Å². The van der Waals surface area contributed by atoms with E-state index in [-0.39, 0.29) is 0 Å². The maximum absolute atomic E-state index is 2.42. The third-order valence-corrected chi connectivity index (χ3v) is 11.6. The monoisotopic (exact) mass is 768 g/mol. The lowest BCUT2D eigenvalue weighted by atomic mass is 9.93. The van der Waals surface area contributed by atoms with Crippen molar-refractivity contribution in [1.82, 2.24) is 9.13 Å². The lowest BCUT2D eigenvalue weighted by molar-refractivity contribution is 1.18. The number of rotatable bonds is 6. The van der Waals surface area contributed by atoms with Gasteiger partial charge >= 0.3 is 0 Å². The molecule has 0 aliphatic carbocycles. The van der Waals surface area contributed by atoms with E-state index in [1.165, 1.54) is 88.1 Å². The highest BCUT2D eigenvalue weighted by Crippen LogP contribution is 2.43. The third kappa shape index (κ3) is 6.68. The van der Waals surface area contributed by atoms with Crippen molar-refractivity contribution in [3.05, 3.63) is 236 Å². The SMILES string of the molecule is C/C=C\c1ccc2c(c1-c1ccccc1)c1cc(-c3ccc4c(c3)c3ccccc3n4-c3ccc(-c4ccccc4)cc3)ccc1n2-c1ccccc1.Cc1ccccc1. The third-order valence-electron chi connectivity index (χ3n) is 11.6. The van der Waals surface area contributed by atoms with Crippen LogP contribution < -0.4 is 0 Å². The van der Waals surface area contributed by atoms with Crippen molar-refractivity contribution in [2.75, 3.05) is 0 Å². The Bertz CT molecular complexity index is 3280. The van der Waals surface area contributed by atoms with Gasteiger partial charge in [0.25, 0.3) is 0 Å². The fourth-order valence-electron chi connectivity index (χ4n) is 8.80. The molecule has 0 aliphatic rings. The molecular formula is C58H44N2. The van der Waals surface area contributed by atoms with Gasteiger partial charge in [-0.25, -0.2) is 0 Å². The summed E-state index contributed by atoms with van der Waals surface area (Å²) in [6, 6.07) is 78.7. The van der Waals surface area contributed by atoms with Crippen molar-refractivity contribution in [1.29, 1.82) is 0 Å². The molecule has 0 N–H and O–H groups in total. The van der Waals surface area contributed by atoms with E-state index in [1.807, 2.05) is 18.2 Å². The minimum absolute atomic E-state index is 1.16. The van der Waals surface area contributed by atoms with E-state index in [9.17, 15) is 0 Å². The van der Waals surface area contributed by atoms with E-state index in [0.29, 0.717) is 0 Å². The summed E-state index contributed by atoms with van der Waals surface area (Å²) in [7, 11) is 0. The maximum Gasteiger partial charge on any atom is 0.0547 e. The Hall–Kier alpha value is -7.68. The number of allylic oxidation sites excluding steroid dienone is 1. The van der Waals surface area contributed by atoms with Gasteiger partial charge < -0.3 is 9.13 Å². The summed E-state index contributed by atoms with van der Waals surface area (Å²) in [5, 5.41) is 5.01. The van der Waals surface area contributed by atoms with Gasteiger partial charge in [-0.2, -0.15) is 0 Å². The van der Waals surface area contributed by atoms with Gasteiger partial charge in [0, 0.05) is 32.9 Å². The number of nitrogens with zero attached hydrogens (tertiary/aromatic N) is 2. The summed E-state index contributed by atoms with van der Waals surface area (Å²) in [5.74, 6) is 0. The fourth-order valence-corrected chi connectivity index (χ4v) is 8.80. The first-order chi connectivity index (χ1) is 29.7. The summed E-state index contributed by atoms with van der Waals surface area (Å²) in [4.78, 5) is 0. The molecule has 2 nitrogen and oxygen atoms in total. The number of para-hydroxylation sites is 2. The molecule has 11 aromatic rings. The molecule has 0 atom stereocenters. The molecule has 2 aromatic heterocycles. The van der Waals surface area contributed by atoms with Crippen LogP contribution in [0.5, 0.6) is 0 Å². The van der Waals surface area contributed by atoms with E-state index in [4.69, 9.17) is 0 Å². The average molecular weight is 769 g/mol. The minimum Gasteiger partial charge on any atom is -0.309 e. The van der Waals surface area contributed by atoms with Crippen LogP contribution in [-0.4, -0.2) is 9.13 Å².